The van der Waals surface area contributed by atoms with Crippen LogP contribution in [0.1, 0.15) is 18.5 Å². The Morgan fingerprint density at radius 3 is 2.84 bits per heavy atom. The molecule has 104 valence electrons. The first-order valence-corrected chi connectivity index (χ1v) is 5.67. The second kappa shape index (κ2) is 5.00. The number of carbonyl (C=O) groups excluding carboxylic acids is 1. The van der Waals surface area contributed by atoms with E-state index in [0.29, 0.717) is 11.5 Å². The van der Waals surface area contributed by atoms with E-state index < -0.39 is 17.9 Å². The highest BCUT2D eigenvalue weighted by atomic mass is 19.3. The second-order valence-corrected chi connectivity index (χ2v) is 3.93. The molecule has 0 fully saturated rings. The van der Waals surface area contributed by atoms with E-state index >= 15 is 0 Å². The molecule has 1 aliphatic heterocycles. The van der Waals surface area contributed by atoms with Gasteiger partial charge in [0.1, 0.15) is 6.04 Å². The maximum Gasteiger partial charge on any atom is 0.379 e. The number of hydrogen-bond acceptors (Lipinski definition) is 5. The molecule has 5 nitrogen and oxygen atoms in total. The Morgan fingerprint density at radius 2 is 2.16 bits per heavy atom. The topological polar surface area (TPSA) is 70.8 Å². The molecule has 0 saturated carbocycles. The van der Waals surface area contributed by atoms with Crippen LogP contribution in [0.5, 0.6) is 11.5 Å². The van der Waals surface area contributed by atoms with Gasteiger partial charge in [-0.25, -0.2) is 4.79 Å². The highest BCUT2D eigenvalue weighted by Gasteiger charge is 2.48. The maximum absolute atomic E-state index is 13.8. The fourth-order valence-corrected chi connectivity index (χ4v) is 1.67. The average molecular weight is 273 g/mol. The zero-order chi connectivity index (χ0) is 14.0. The Hall–Kier alpha value is -1.89. The molecule has 0 unspecified atom stereocenters. The molecule has 0 aliphatic carbocycles. The largest absolute Gasteiger partial charge is 0.462 e. The van der Waals surface area contributed by atoms with Crippen LogP contribution in [0.25, 0.3) is 0 Å². The number of alkyl halides is 2. The molecule has 0 spiro atoms. The summed E-state index contributed by atoms with van der Waals surface area (Å²) in [7, 11) is 0. The highest BCUT2D eigenvalue weighted by molar-refractivity contribution is 5.79. The quantitative estimate of drug-likeness (QED) is 0.844. The van der Waals surface area contributed by atoms with E-state index in [9.17, 15) is 13.6 Å². The van der Waals surface area contributed by atoms with Crippen molar-refractivity contribution in [2.24, 2.45) is 5.73 Å². The number of ether oxygens (including phenoxy) is 3. The lowest BCUT2D eigenvalue weighted by Gasteiger charge is -2.21. The number of nitrogens with two attached hydrogens (primary N) is 1. The Labute approximate surface area is 108 Å². The predicted molar refractivity (Wildman–Crippen MR) is 61.1 cm³/mol. The zero-order valence-corrected chi connectivity index (χ0v) is 10.2. The fraction of sp³-hybridized carbons (Fsp3) is 0.417. The lowest BCUT2D eigenvalue weighted by atomic mass is 10.0. The van der Waals surface area contributed by atoms with Crippen LogP contribution in [-0.2, 0) is 9.53 Å². The normalized spacial score (nSPS) is 15.2. The molecule has 0 amide bonds. The minimum atomic E-state index is -3.80. The van der Waals surface area contributed by atoms with Crippen LogP contribution in [0, 0.1) is 0 Å². The summed E-state index contributed by atoms with van der Waals surface area (Å²) in [5.74, 6) is -4.66. The van der Waals surface area contributed by atoms with Crippen molar-refractivity contribution >= 4 is 5.97 Å². The van der Waals surface area contributed by atoms with Gasteiger partial charge in [-0.3, -0.25) is 0 Å². The van der Waals surface area contributed by atoms with E-state index in [4.69, 9.17) is 15.2 Å². The Balaban J connectivity index is 2.23. The van der Waals surface area contributed by atoms with E-state index in [-0.39, 0.29) is 19.0 Å². The van der Waals surface area contributed by atoms with Crippen molar-refractivity contribution in [1.29, 1.82) is 0 Å². The van der Waals surface area contributed by atoms with Gasteiger partial charge in [0.15, 0.2) is 11.5 Å². The van der Waals surface area contributed by atoms with Crippen LogP contribution in [0.3, 0.4) is 0 Å². The molecule has 1 aromatic rings. The van der Waals surface area contributed by atoms with Gasteiger partial charge in [-0.05, 0) is 24.6 Å². The van der Waals surface area contributed by atoms with Crippen LogP contribution in [-0.4, -0.2) is 25.3 Å². The van der Waals surface area contributed by atoms with Crippen LogP contribution in [0.4, 0.5) is 8.78 Å². The molecule has 0 aromatic heterocycles. The fourth-order valence-electron chi connectivity index (χ4n) is 1.67. The lowest BCUT2D eigenvalue weighted by molar-refractivity contribution is -0.174. The van der Waals surface area contributed by atoms with Crippen molar-refractivity contribution in [3.05, 3.63) is 23.8 Å². The number of halogens is 2. The molecule has 0 bridgehead atoms. The number of benzene rings is 1. The van der Waals surface area contributed by atoms with Crippen LogP contribution < -0.4 is 15.2 Å². The summed E-state index contributed by atoms with van der Waals surface area (Å²) in [5.41, 5.74) is 5.52. The molecular formula is C12H13F2NO4. The second-order valence-electron chi connectivity index (χ2n) is 3.93. The molecule has 2 rings (SSSR count). The first kappa shape index (κ1) is 13.5. The van der Waals surface area contributed by atoms with Crippen molar-refractivity contribution < 1.29 is 27.8 Å². The maximum atomic E-state index is 13.8. The van der Waals surface area contributed by atoms with Crippen molar-refractivity contribution in [2.45, 2.75) is 18.9 Å². The lowest BCUT2D eigenvalue weighted by Crippen LogP contribution is -2.41. The van der Waals surface area contributed by atoms with Gasteiger partial charge >= 0.3 is 11.9 Å². The third-order valence-electron chi connectivity index (χ3n) is 2.69. The van der Waals surface area contributed by atoms with Crippen LogP contribution in [0.2, 0.25) is 0 Å². The number of rotatable bonds is 4. The van der Waals surface area contributed by atoms with Crippen molar-refractivity contribution in [3.63, 3.8) is 0 Å². The monoisotopic (exact) mass is 273 g/mol. The molecule has 1 aromatic carbocycles. The van der Waals surface area contributed by atoms with Crippen LogP contribution in [0.15, 0.2) is 18.2 Å². The van der Waals surface area contributed by atoms with Gasteiger partial charge in [0.2, 0.25) is 6.79 Å². The SMILES string of the molecule is CCOC(=O)C(F)(F)[C@@H](N)c1ccc2c(c1)OCO2. The van der Waals surface area contributed by atoms with Crippen molar-refractivity contribution in [2.75, 3.05) is 13.4 Å². The number of carbonyl (C=O) groups is 1. The van der Waals surface area contributed by atoms with Gasteiger partial charge in [-0.15, -0.1) is 0 Å². The smallest absolute Gasteiger partial charge is 0.379 e. The highest BCUT2D eigenvalue weighted by Crippen LogP contribution is 2.37. The Morgan fingerprint density at radius 1 is 1.47 bits per heavy atom. The first-order valence-electron chi connectivity index (χ1n) is 5.67. The summed E-state index contributed by atoms with van der Waals surface area (Å²) in [6.45, 7) is 1.34. The van der Waals surface area contributed by atoms with Crippen molar-refractivity contribution in [1.82, 2.24) is 0 Å². The van der Waals surface area contributed by atoms with Crippen molar-refractivity contribution in [3.8, 4) is 11.5 Å². The van der Waals surface area contributed by atoms with E-state index in [1.807, 2.05) is 0 Å². The summed E-state index contributed by atoms with van der Waals surface area (Å²) in [6.07, 6.45) is 0. The molecule has 1 aliphatic rings. The molecule has 7 heteroatoms. The summed E-state index contributed by atoms with van der Waals surface area (Å²) in [4.78, 5) is 11.2. The molecule has 2 N–H and O–H groups in total. The first-order chi connectivity index (χ1) is 8.96. The molecule has 1 heterocycles. The molecular weight excluding hydrogens is 260 g/mol. The van der Waals surface area contributed by atoms with Gasteiger partial charge in [-0.1, -0.05) is 6.07 Å². The van der Waals surface area contributed by atoms with Crippen LogP contribution >= 0.6 is 0 Å². The van der Waals surface area contributed by atoms with Gasteiger partial charge in [0, 0.05) is 0 Å². The van der Waals surface area contributed by atoms with E-state index in [1.54, 1.807) is 0 Å². The Kier molecular flexibility index (Phi) is 3.57. The van der Waals surface area contributed by atoms with Gasteiger partial charge < -0.3 is 19.9 Å². The summed E-state index contributed by atoms with van der Waals surface area (Å²) < 4.78 is 42.0. The standard InChI is InChI=1S/C12H13F2NO4/c1-2-17-11(16)12(13,14)10(15)7-3-4-8-9(5-7)19-6-18-8/h3-5,10H,2,6,15H2,1H3/t10-/m0/s1. The number of fused-ring (bicyclic) bond motifs is 1. The van der Waals surface area contributed by atoms with Gasteiger partial charge in [0.25, 0.3) is 0 Å². The zero-order valence-electron chi connectivity index (χ0n) is 10.2. The van der Waals surface area contributed by atoms with E-state index in [1.165, 1.54) is 25.1 Å². The van der Waals surface area contributed by atoms with Gasteiger partial charge in [0.05, 0.1) is 6.61 Å². The summed E-state index contributed by atoms with van der Waals surface area (Å²) in [5, 5.41) is 0. The summed E-state index contributed by atoms with van der Waals surface area (Å²) in [6, 6.07) is 2.37. The van der Waals surface area contributed by atoms with Gasteiger partial charge in [-0.2, -0.15) is 8.78 Å². The van der Waals surface area contributed by atoms with E-state index in [2.05, 4.69) is 4.74 Å². The van der Waals surface area contributed by atoms with E-state index in [0.717, 1.165) is 0 Å². The number of esters is 1. The summed E-state index contributed by atoms with van der Waals surface area (Å²) >= 11 is 0. The average Bonchev–Trinajstić information content (AvgIpc) is 2.85. The third kappa shape index (κ3) is 2.46. The predicted octanol–water partition coefficient (Wildman–Crippen LogP) is 1.61. The molecule has 0 radical (unpaired) electrons. The molecule has 0 saturated heterocycles. The molecule has 19 heavy (non-hydrogen) atoms. The molecule has 1 atom stereocenters. The third-order valence-corrected chi connectivity index (χ3v) is 2.69. The minimum Gasteiger partial charge on any atom is -0.462 e. The Bertz CT molecular complexity index is 493. The minimum absolute atomic E-state index is 0.0301. The number of hydrogen-bond donors (Lipinski definition) is 1.